The van der Waals surface area contributed by atoms with Crippen LogP contribution < -0.4 is 4.72 Å². The first-order chi connectivity index (χ1) is 5.97. The van der Waals surface area contributed by atoms with E-state index in [4.69, 9.17) is 10.4 Å². The smallest absolute Gasteiger partial charge is 0.228 e. The number of nitrogens with one attached hydrogen (secondary N) is 1. The van der Waals surface area contributed by atoms with E-state index >= 15 is 0 Å². The van der Waals surface area contributed by atoms with Gasteiger partial charge in [-0.15, -0.1) is 0 Å². The lowest BCUT2D eigenvalue weighted by atomic mass is 10.4. The predicted octanol–water partition coefficient (Wildman–Crippen LogP) is -0.411. The second-order valence-electron chi connectivity index (χ2n) is 2.77. The molecular formula is C7H14N2O3S. The minimum Gasteiger partial charge on any atom is -0.395 e. The van der Waals surface area contributed by atoms with E-state index in [1.165, 1.54) is 6.92 Å². The number of hydrogen-bond donors (Lipinski definition) is 2. The van der Waals surface area contributed by atoms with Crippen molar-refractivity contribution in [2.45, 2.75) is 31.6 Å². The lowest BCUT2D eigenvalue weighted by Crippen LogP contribution is -2.40. The van der Waals surface area contributed by atoms with E-state index in [9.17, 15) is 8.42 Å². The lowest BCUT2D eigenvalue weighted by molar-refractivity contribution is 0.265. The molecule has 0 aliphatic rings. The Morgan fingerprint density at radius 3 is 2.46 bits per heavy atom. The van der Waals surface area contributed by atoms with Gasteiger partial charge in [0.15, 0.2) is 5.25 Å². The second kappa shape index (κ2) is 5.17. The van der Waals surface area contributed by atoms with Crippen LogP contribution in [0, 0.1) is 11.3 Å². The Kier molecular flexibility index (Phi) is 4.91. The molecule has 2 unspecified atom stereocenters. The molecule has 2 N–H and O–H groups in total. The van der Waals surface area contributed by atoms with Crippen molar-refractivity contribution in [1.29, 1.82) is 5.26 Å². The Morgan fingerprint density at radius 2 is 2.15 bits per heavy atom. The minimum absolute atomic E-state index is 0.240. The summed E-state index contributed by atoms with van der Waals surface area (Å²) in [5.74, 6) is 0. The lowest BCUT2D eigenvalue weighted by Gasteiger charge is -2.13. The van der Waals surface area contributed by atoms with Gasteiger partial charge in [-0.1, -0.05) is 6.92 Å². The van der Waals surface area contributed by atoms with E-state index in [-0.39, 0.29) is 13.0 Å². The highest BCUT2D eigenvalue weighted by Gasteiger charge is 2.24. The number of hydrogen-bond acceptors (Lipinski definition) is 4. The topological polar surface area (TPSA) is 90.2 Å². The standard InChI is InChI=1S/C7H14N2O3S/c1-3-7(4-8)13(11,12)9-6(2)5-10/h6-7,9-10H,3,5H2,1-2H3. The van der Waals surface area contributed by atoms with Crippen molar-refractivity contribution in [2.24, 2.45) is 0 Å². The van der Waals surface area contributed by atoms with E-state index in [1.807, 2.05) is 0 Å². The summed E-state index contributed by atoms with van der Waals surface area (Å²) < 4.78 is 24.8. The van der Waals surface area contributed by atoms with Crippen LogP contribution in [0.4, 0.5) is 0 Å². The van der Waals surface area contributed by atoms with E-state index in [2.05, 4.69) is 4.72 Å². The molecule has 0 radical (unpaired) electrons. The molecule has 6 heteroatoms. The van der Waals surface area contributed by atoms with Gasteiger partial charge < -0.3 is 5.11 Å². The van der Waals surface area contributed by atoms with Crippen LogP contribution in [0.3, 0.4) is 0 Å². The molecule has 13 heavy (non-hydrogen) atoms. The molecule has 5 nitrogen and oxygen atoms in total. The summed E-state index contributed by atoms with van der Waals surface area (Å²) in [6.07, 6.45) is 0.240. The van der Waals surface area contributed by atoms with E-state index in [0.29, 0.717) is 0 Å². The molecule has 0 aromatic rings. The van der Waals surface area contributed by atoms with Crippen LogP contribution in [0.15, 0.2) is 0 Å². The van der Waals surface area contributed by atoms with Gasteiger partial charge in [-0.05, 0) is 13.3 Å². The summed E-state index contributed by atoms with van der Waals surface area (Å²) in [6.45, 7) is 2.87. The molecular weight excluding hydrogens is 192 g/mol. The van der Waals surface area contributed by atoms with E-state index < -0.39 is 21.3 Å². The maximum Gasteiger partial charge on any atom is 0.228 e. The third-order valence-electron chi connectivity index (χ3n) is 1.53. The molecule has 0 amide bonds. The number of sulfonamides is 1. The van der Waals surface area contributed by atoms with E-state index in [0.717, 1.165) is 0 Å². The molecule has 0 aromatic heterocycles. The molecule has 0 saturated carbocycles. The Labute approximate surface area is 78.4 Å². The number of rotatable bonds is 5. The normalized spacial score (nSPS) is 16.2. The molecule has 0 spiro atoms. The van der Waals surface area contributed by atoms with Gasteiger partial charge >= 0.3 is 0 Å². The zero-order valence-corrected chi connectivity index (χ0v) is 8.50. The molecule has 2 atom stereocenters. The van der Waals surface area contributed by atoms with E-state index in [1.54, 1.807) is 13.0 Å². The summed E-state index contributed by atoms with van der Waals surface area (Å²) in [4.78, 5) is 0. The zero-order chi connectivity index (χ0) is 10.5. The van der Waals surface area contributed by atoms with Crippen molar-refractivity contribution in [2.75, 3.05) is 6.61 Å². The highest BCUT2D eigenvalue weighted by atomic mass is 32.2. The molecule has 76 valence electrons. The second-order valence-corrected chi connectivity index (χ2v) is 4.67. The van der Waals surface area contributed by atoms with Crippen molar-refractivity contribution >= 4 is 10.0 Å². The van der Waals surface area contributed by atoms with Crippen molar-refractivity contribution in [1.82, 2.24) is 4.72 Å². The average Bonchev–Trinajstić information content (AvgIpc) is 2.05. The average molecular weight is 206 g/mol. The monoisotopic (exact) mass is 206 g/mol. The molecule has 0 saturated heterocycles. The zero-order valence-electron chi connectivity index (χ0n) is 7.69. The SMILES string of the molecule is CCC(C#N)S(=O)(=O)NC(C)CO. The van der Waals surface area contributed by atoms with Crippen molar-refractivity contribution < 1.29 is 13.5 Å². The van der Waals surface area contributed by atoms with Crippen LogP contribution in [0.5, 0.6) is 0 Å². The Hall–Kier alpha value is -0.640. The molecule has 0 aliphatic heterocycles. The number of aliphatic hydroxyl groups is 1. The first-order valence-electron chi connectivity index (χ1n) is 3.99. The first kappa shape index (κ1) is 12.4. The third kappa shape index (κ3) is 3.72. The Bertz CT molecular complexity index is 281. The molecule has 0 fully saturated rings. The highest BCUT2D eigenvalue weighted by Crippen LogP contribution is 2.03. The van der Waals surface area contributed by atoms with Crippen LogP contribution >= 0.6 is 0 Å². The highest BCUT2D eigenvalue weighted by molar-refractivity contribution is 7.90. The van der Waals surface area contributed by atoms with Gasteiger partial charge in [0.05, 0.1) is 12.7 Å². The van der Waals surface area contributed by atoms with Crippen LogP contribution in [-0.2, 0) is 10.0 Å². The fourth-order valence-corrected chi connectivity index (χ4v) is 2.16. The molecule has 0 bridgehead atoms. The van der Waals surface area contributed by atoms with Crippen LogP contribution in [0.1, 0.15) is 20.3 Å². The van der Waals surface area contributed by atoms with Crippen molar-refractivity contribution in [3.8, 4) is 6.07 Å². The number of nitrogens with zero attached hydrogens (tertiary/aromatic N) is 1. The van der Waals surface area contributed by atoms with Gasteiger partial charge in [0.1, 0.15) is 0 Å². The quantitative estimate of drug-likeness (QED) is 0.639. The van der Waals surface area contributed by atoms with Gasteiger partial charge in [0, 0.05) is 6.04 Å². The van der Waals surface area contributed by atoms with Crippen LogP contribution in [-0.4, -0.2) is 31.4 Å². The molecule has 0 heterocycles. The Morgan fingerprint density at radius 1 is 1.62 bits per heavy atom. The molecule has 0 aliphatic carbocycles. The van der Waals surface area contributed by atoms with Gasteiger partial charge in [0.2, 0.25) is 10.0 Å². The van der Waals surface area contributed by atoms with Gasteiger partial charge in [-0.25, -0.2) is 13.1 Å². The summed E-state index contributed by atoms with van der Waals surface area (Å²) in [6, 6.07) is 1.14. The third-order valence-corrected chi connectivity index (χ3v) is 3.45. The number of aliphatic hydroxyl groups excluding tert-OH is 1. The largest absolute Gasteiger partial charge is 0.395 e. The maximum atomic E-state index is 11.3. The van der Waals surface area contributed by atoms with Crippen LogP contribution in [0.25, 0.3) is 0 Å². The molecule has 0 aromatic carbocycles. The summed E-state index contributed by atoms with van der Waals surface area (Å²) in [5, 5.41) is 16.1. The fraction of sp³-hybridized carbons (Fsp3) is 0.857. The van der Waals surface area contributed by atoms with Crippen molar-refractivity contribution in [3.63, 3.8) is 0 Å². The first-order valence-corrected chi connectivity index (χ1v) is 5.54. The summed E-state index contributed by atoms with van der Waals surface area (Å²) in [7, 11) is -3.60. The van der Waals surface area contributed by atoms with Crippen LogP contribution in [0.2, 0.25) is 0 Å². The fourth-order valence-electron chi connectivity index (χ4n) is 0.780. The maximum absolute atomic E-state index is 11.3. The number of nitriles is 1. The summed E-state index contributed by atoms with van der Waals surface area (Å²) >= 11 is 0. The van der Waals surface area contributed by atoms with Gasteiger partial charge in [-0.2, -0.15) is 5.26 Å². The minimum atomic E-state index is -3.60. The summed E-state index contributed by atoms with van der Waals surface area (Å²) in [5.41, 5.74) is 0. The molecule has 0 rings (SSSR count). The van der Waals surface area contributed by atoms with Crippen molar-refractivity contribution in [3.05, 3.63) is 0 Å². The van der Waals surface area contributed by atoms with Gasteiger partial charge in [0.25, 0.3) is 0 Å². The predicted molar refractivity (Wildman–Crippen MR) is 48.3 cm³/mol. The van der Waals surface area contributed by atoms with Gasteiger partial charge in [-0.3, -0.25) is 0 Å². The Balaban J connectivity index is 4.50.